The molecule has 0 N–H and O–H groups in total. The minimum absolute atomic E-state index is 0.0450. The van der Waals surface area contributed by atoms with E-state index in [-0.39, 0.29) is 5.54 Å². The molecule has 1 fully saturated rings. The fraction of sp³-hybridized carbons (Fsp3) is 0.500. The Kier molecular flexibility index (Phi) is 2.80. The molecule has 1 unspecified atom stereocenters. The summed E-state index contributed by atoms with van der Waals surface area (Å²) in [5.41, 5.74) is 1.14. The van der Waals surface area contributed by atoms with Crippen molar-refractivity contribution in [1.29, 1.82) is 0 Å². The van der Waals surface area contributed by atoms with Crippen molar-refractivity contribution in [3.05, 3.63) is 34.9 Å². The molecule has 2 rings (SSSR count). The van der Waals surface area contributed by atoms with Gasteiger partial charge in [-0.3, -0.25) is 0 Å². The van der Waals surface area contributed by atoms with Crippen molar-refractivity contribution in [2.24, 2.45) is 0 Å². The van der Waals surface area contributed by atoms with E-state index in [1.807, 2.05) is 18.2 Å². The van der Waals surface area contributed by atoms with E-state index in [4.69, 9.17) is 16.9 Å². The average Bonchev–Trinajstić information content (AvgIpc) is 2.19. The van der Waals surface area contributed by atoms with E-state index in [9.17, 15) is 0 Å². The lowest BCUT2D eigenvalue weighted by atomic mass is 9.84. The first-order chi connectivity index (χ1) is 6.72. The number of hydrogen-bond acceptors (Lipinski definition) is 0. The van der Waals surface area contributed by atoms with E-state index in [0.717, 1.165) is 18.0 Å². The highest BCUT2D eigenvalue weighted by Gasteiger charge is 2.30. The summed E-state index contributed by atoms with van der Waals surface area (Å²) in [6.07, 6.45) is 3.60. The molecule has 0 bridgehead atoms. The van der Waals surface area contributed by atoms with Crippen LogP contribution in [0.3, 0.4) is 0 Å². The van der Waals surface area contributed by atoms with Gasteiger partial charge in [-0.15, -0.1) is 0 Å². The van der Waals surface area contributed by atoms with E-state index in [0.29, 0.717) is 0 Å². The van der Waals surface area contributed by atoms with E-state index < -0.39 is 0 Å². The molecular formula is C12H15ClN. The largest absolute Gasteiger partial charge is 0.231 e. The summed E-state index contributed by atoms with van der Waals surface area (Å²) in [4.78, 5) is 0. The van der Waals surface area contributed by atoms with Gasteiger partial charge in [0.25, 0.3) is 0 Å². The van der Waals surface area contributed by atoms with Crippen molar-refractivity contribution >= 4 is 11.6 Å². The minimum atomic E-state index is -0.0450. The van der Waals surface area contributed by atoms with E-state index in [1.54, 1.807) is 0 Å². The molecule has 0 saturated carbocycles. The van der Waals surface area contributed by atoms with Crippen LogP contribution in [0.5, 0.6) is 0 Å². The molecule has 1 nitrogen and oxygen atoms in total. The second kappa shape index (κ2) is 3.92. The third-order valence-corrected chi connectivity index (χ3v) is 3.32. The number of piperidine rings is 1. The Bertz CT molecular complexity index is 316. The van der Waals surface area contributed by atoms with Crippen molar-refractivity contribution < 1.29 is 0 Å². The fourth-order valence-electron chi connectivity index (χ4n) is 2.10. The molecule has 2 heteroatoms. The summed E-state index contributed by atoms with van der Waals surface area (Å²) in [5.74, 6) is 0. The van der Waals surface area contributed by atoms with E-state index in [1.165, 1.54) is 18.4 Å². The van der Waals surface area contributed by atoms with Gasteiger partial charge in [0, 0.05) is 11.6 Å². The Morgan fingerprint density at radius 2 is 2.07 bits per heavy atom. The van der Waals surface area contributed by atoms with Crippen LogP contribution in [0.25, 0.3) is 0 Å². The highest BCUT2D eigenvalue weighted by atomic mass is 35.5. The van der Waals surface area contributed by atoms with Crippen LogP contribution in [0, 0.1) is 0 Å². The number of nitrogens with zero attached hydrogens (tertiary/aromatic N) is 1. The summed E-state index contributed by atoms with van der Waals surface area (Å²) < 4.78 is 0. The molecule has 0 spiro atoms. The maximum absolute atomic E-state index is 6.19. The van der Waals surface area contributed by atoms with Gasteiger partial charge >= 0.3 is 0 Å². The molecule has 0 amide bonds. The number of hydrogen-bond donors (Lipinski definition) is 0. The van der Waals surface area contributed by atoms with Gasteiger partial charge < -0.3 is 0 Å². The molecule has 14 heavy (non-hydrogen) atoms. The van der Waals surface area contributed by atoms with Crippen LogP contribution in [0.4, 0.5) is 0 Å². The number of rotatable bonds is 1. The van der Waals surface area contributed by atoms with Crippen LogP contribution < -0.4 is 5.32 Å². The Labute approximate surface area is 90.5 Å². The van der Waals surface area contributed by atoms with Crippen molar-refractivity contribution in [3.8, 4) is 0 Å². The Morgan fingerprint density at radius 1 is 1.29 bits per heavy atom. The van der Waals surface area contributed by atoms with Crippen LogP contribution in [0.15, 0.2) is 24.3 Å². The van der Waals surface area contributed by atoms with Gasteiger partial charge in [-0.2, -0.15) is 0 Å². The van der Waals surface area contributed by atoms with Gasteiger partial charge in [0.05, 0.1) is 5.54 Å². The van der Waals surface area contributed by atoms with Gasteiger partial charge in [0.15, 0.2) is 0 Å². The van der Waals surface area contributed by atoms with Gasteiger partial charge in [0.2, 0.25) is 0 Å². The summed E-state index contributed by atoms with van der Waals surface area (Å²) in [7, 11) is 0. The van der Waals surface area contributed by atoms with Crippen LogP contribution in [0.1, 0.15) is 31.7 Å². The molecule has 75 valence electrons. The monoisotopic (exact) mass is 208 g/mol. The van der Waals surface area contributed by atoms with Crippen molar-refractivity contribution in [3.63, 3.8) is 0 Å². The Hall–Kier alpha value is -0.530. The molecule has 1 aliphatic heterocycles. The first-order valence-electron chi connectivity index (χ1n) is 5.16. The van der Waals surface area contributed by atoms with Crippen LogP contribution in [-0.2, 0) is 5.54 Å². The minimum Gasteiger partial charge on any atom is -0.231 e. The third-order valence-electron chi connectivity index (χ3n) is 2.99. The highest BCUT2D eigenvalue weighted by molar-refractivity contribution is 6.31. The third kappa shape index (κ3) is 1.79. The molecule has 1 atom stereocenters. The zero-order chi connectivity index (χ0) is 10.0. The van der Waals surface area contributed by atoms with Gasteiger partial charge in [-0.25, -0.2) is 5.32 Å². The quantitative estimate of drug-likeness (QED) is 0.672. The van der Waals surface area contributed by atoms with Gasteiger partial charge in [0.1, 0.15) is 0 Å². The predicted molar refractivity (Wildman–Crippen MR) is 59.7 cm³/mol. The molecule has 0 aliphatic carbocycles. The maximum Gasteiger partial charge on any atom is 0.0591 e. The zero-order valence-electron chi connectivity index (χ0n) is 8.46. The Morgan fingerprint density at radius 3 is 2.71 bits per heavy atom. The summed E-state index contributed by atoms with van der Waals surface area (Å²) >= 11 is 6.19. The second-order valence-electron chi connectivity index (χ2n) is 4.09. The summed E-state index contributed by atoms with van der Waals surface area (Å²) in [6.45, 7) is 3.16. The van der Waals surface area contributed by atoms with Crippen LogP contribution in [-0.4, -0.2) is 6.54 Å². The van der Waals surface area contributed by atoms with E-state index in [2.05, 4.69) is 13.0 Å². The lowest BCUT2D eigenvalue weighted by Crippen LogP contribution is -2.37. The molecule has 1 aromatic rings. The topological polar surface area (TPSA) is 14.1 Å². The Balaban J connectivity index is 2.32. The smallest absolute Gasteiger partial charge is 0.0591 e. The molecule has 1 aliphatic rings. The summed E-state index contributed by atoms with van der Waals surface area (Å²) in [5, 5.41) is 5.56. The zero-order valence-corrected chi connectivity index (χ0v) is 9.22. The molecule has 0 aromatic heterocycles. The first-order valence-corrected chi connectivity index (χ1v) is 5.54. The normalized spacial score (nSPS) is 27.6. The van der Waals surface area contributed by atoms with Crippen LogP contribution in [0.2, 0.25) is 5.02 Å². The summed E-state index contributed by atoms with van der Waals surface area (Å²) in [6, 6.07) is 8.05. The molecule has 1 heterocycles. The number of benzene rings is 1. The predicted octanol–water partition coefficient (Wildman–Crippen LogP) is 3.34. The maximum atomic E-state index is 6.19. The second-order valence-corrected chi connectivity index (χ2v) is 4.50. The SMILES string of the molecule is CC1(c2ccccc2Cl)CCCC[N]1. The first kappa shape index (κ1) is 10.0. The van der Waals surface area contributed by atoms with Crippen molar-refractivity contribution in [2.45, 2.75) is 31.7 Å². The lowest BCUT2D eigenvalue weighted by molar-refractivity contribution is 0.276. The standard InChI is InChI=1S/C12H15ClN/c1-12(8-4-5-9-14-12)10-6-2-3-7-11(10)13/h2-3,6-7H,4-5,8-9H2,1H3. The van der Waals surface area contributed by atoms with Gasteiger partial charge in [-0.1, -0.05) is 29.8 Å². The number of halogens is 1. The lowest BCUT2D eigenvalue weighted by Gasteiger charge is -2.34. The molecule has 1 aromatic carbocycles. The molecular weight excluding hydrogens is 194 g/mol. The highest BCUT2D eigenvalue weighted by Crippen LogP contribution is 2.35. The van der Waals surface area contributed by atoms with Crippen molar-refractivity contribution in [1.82, 2.24) is 5.32 Å². The van der Waals surface area contributed by atoms with Gasteiger partial charge in [-0.05, 0) is 37.8 Å². The van der Waals surface area contributed by atoms with Crippen LogP contribution >= 0.6 is 11.6 Å². The fourth-order valence-corrected chi connectivity index (χ4v) is 2.44. The average molecular weight is 209 g/mol. The van der Waals surface area contributed by atoms with Crippen molar-refractivity contribution in [2.75, 3.05) is 6.54 Å². The van der Waals surface area contributed by atoms with E-state index >= 15 is 0 Å². The molecule has 1 saturated heterocycles. The molecule has 1 radical (unpaired) electrons.